The third-order valence-corrected chi connectivity index (χ3v) is 6.45. The van der Waals surface area contributed by atoms with Crippen molar-refractivity contribution in [2.45, 2.75) is 70.4 Å². The van der Waals surface area contributed by atoms with Gasteiger partial charge in [-0.15, -0.1) is 0 Å². The highest BCUT2D eigenvalue weighted by Crippen LogP contribution is 2.31. The minimum atomic E-state index is -0.720. The molecule has 6 nitrogen and oxygen atoms in total. The van der Waals surface area contributed by atoms with Gasteiger partial charge in [-0.3, -0.25) is 14.4 Å². The average Bonchev–Trinajstić information content (AvgIpc) is 3.35. The van der Waals surface area contributed by atoms with Gasteiger partial charge in [0.15, 0.2) is 0 Å². The molecule has 2 atom stereocenters. The highest BCUT2D eigenvalue weighted by molar-refractivity contribution is 6.23. The fourth-order valence-corrected chi connectivity index (χ4v) is 4.79. The standard InChI is InChI=1S/C23H30N2O4/c1-16-9-11-18(12-10-16)25-21(26)14-20(23(25)28)24(15-19-8-5-13-29-19)22(27)17-6-3-2-4-7-17/h9-12,17,19-20H,2-8,13-15H2,1H3. The summed E-state index contributed by atoms with van der Waals surface area (Å²) >= 11 is 0. The van der Waals surface area contributed by atoms with Crippen LogP contribution in [-0.4, -0.2) is 47.9 Å². The van der Waals surface area contributed by atoms with E-state index in [0.29, 0.717) is 18.8 Å². The molecule has 1 aromatic rings. The molecule has 0 aromatic heterocycles. The molecule has 2 unspecified atom stereocenters. The first-order chi connectivity index (χ1) is 14.0. The maximum atomic E-state index is 13.4. The van der Waals surface area contributed by atoms with Crippen LogP contribution in [0.5, 0.6) is 0 Å². The van der Waals surface area contributed by atoms with E-state index >= 15 is 0 Å². The smallest absolute Gasteiger partial charge is 0.257 e. The van der Waals surface area contributed by atoms with Gasteiger partial charge in [-0.2, -0.15) is 0 Å². The molecule has 2 heterocycles. The molecule has 1 aliphatic carbocycles. The van der Waals surface area contributed by atoms with E-state index in [1.165, 1.54) is 4.90 Å². The predicted octanol–water partition coefficient (Wildman–Crippen LogP) is 3.21. The van der Waals surface area contributed by atoms with Crippen LogP contribution in [0.4, 0.5) is 5.69 Å². The number of anilines is 1. The number of aryl methyl sites for hydroxylation is 1. The number of hydrogen-bond donors (Lipinski definition) is 0. The molecule has 2 saturated heterocycles. The van der Waals surface area contributed by atoms with Crippen molar-refractivity contribution < 1.29 is 19.1 Å². The monoisotopic (exact) mass is 398 g/mol. The fraction of sp³-hybridized carbons (Fsp3) is 0.609. The van der Waals surface area contributed by atoms with Gasteiger partial charge in [0.1, 0.15) is 6.04 Å². The molecule has 0 N–H and O–H groups in total. The van der Waals surface area contributed by atoms with E-state index in [1.54, 1.807) is 17.0 Å². The highest BCUT2D eigenvalue weighted by atomic mass is 16.5. The van der Waals surface area contributed by atoms with E-state index in [1.807, 2.05) is 19.1 Å². The van der Waals surface area contributed by atoms with Gasteiger partial charge in [-0.05, 0) is 44.7 Å². The molecule has 0 spiro atoms. The summed E-state index contributed by atoms with van der Waals surface area (Å²) in [6, 6.07) is 6.64. The number of amides is 3. The minimum absolute atomic E-state index is 0.0251. The van der Waals surface area contributed by atoms with Gasteiger partial charge in [0.25, 0.3) is 5.91 Å². The van der Waals surface area contributed by atoms with Crippen LogP contribution in [0.15, 0.2) is 24.3 Å². The van der Waals surface area contributed by atoms with Gasteiger partial charge in [0, 0.05) is 19.1 Å². The van der Waals surface area contributed by atoms with Gasteiger partial charge in [0.05, 0.1) is 18.2 Å². The Morgan fingerprint density at radius 2 is 1.79 bits per heavy atom. The molecule has 2 aliphatic heterocycles. The van der Waals surface area contributed by atoms with Gasteiger partial charge in [-0.25, -0.2) is 4.90 Å². The van der Waals surface area contributed by atoms with Crippen molar-refractivity contribution in [3.63, 3.8) is 0 Å². The molecule has 4 rings (SSSR count). The van der Waals surface area contributed by atoms with Crippen molar-refractivity contribution in [2.75, 3.05) is 18.1 Å². The van der Waals surface area contributed by atoms with Crippen LogP contribution in [0.1, 0.15) is 56.9 Å². The second-order valence-electron chi connectivity index (χ2n) is 8.58. The van der Waals surface area contributed by atoms with Crippen molar-refractivity contribution in [2.24, 2.45) is 5.92 Å². The van der Waals surface area contributed by atoms with Gasteiger partial charge in [-0.1, -0.05) is 37.0 Å². The van der Waals surface area contributed by atoms with Crippen LogP contribution < -0.4 is 4.90 Å². The summed E-state index contributed by atoms with van der Waals surface area (Å²) in [7, 11) is 0. The minimum Gasteiger partial charge on any atom is -0.376 e. The Morgan fingerprint density at radius 3 is 2.45 bits per heavy atom. The van der Waals surface area contributed by atoms with Crippen LogP contribution in [0.2, 0.25) is 0 Å². The lowest BCUT2D eigenvalue weighted by Crippen LogP contribution is -2.50. The molecule has 156 valence electrons. The molecule has 29 heavy (non-hydrogen) atoms. The first kappa shape index (κ1) is 20.1. The topological polar surface area (TPSA) is 66.9 Å². The lowest BCUT2D eigenvalue weighted by Gasteiger charge is -2.34. The van der Waals surface area contributed by atoms with Crippen LogP contribution in [0.25, 0.3) is 0 Å². The number of hydrogen-bond acceptors (Lipinski definition) is 4. The summed E-state index contributed by atoms with van der Waals surface area (Å²) in [5.41, 5.74) is 1.65. The zero-order valence-corrected chi connectivity index (χ0v) is 17.1. The molecule has 3 fully saturated rings. The van der Waals surface area contributed by atoms with Crippen molar-refractivity contribution >= 4 is 23.4 Å². The van der Waals surface area contributed by atoms with Gasteiger partial charge < -0.3 is 9.64 Å². The highest BCUT2D eigenvalue weighted by Gasteiger charge is 2.46. The first-order valence-electron chi connectivity index (χ1n) is 10.9. The number of ether oxygens (including phenoxy) is 1. The van der Waals surface area contributed by atoms with E-state index < -0.39 is 6.04 Å². The molecule has 1 aromatic carbocycles. The van der Waals surface area contributed by atoms with E-state index in [2.05, 4.69) is 0 Å². The zero-order valence-electron chi connectivity index (χ0n) is 17.1. The fourth-order valence-electron chi connectivity index (χ4n) is 4.79. The van der Waals surface area contributed by atoms with Crippen molar-refractivity contribution in [3.8, 4) is 0 Å². The van der Waals surface area contributed by atoms with E-state index in [-0.39, 0.29) is 36.2 Å². The lowest BCUT2D eigenvalue weighted by atomic mass is 9.87. The number of rotatable bonds is 5. The third-order valence-electron chi connectivity index (χ3n) is 6.45. The zero-order chi connectivity index (χ0) is 20.4. The number of carbonyl (C=O) groups excluding carboxylic acids is 3. The second kappa shape index (κ2) is 8.66. The van der Waals surface area contributed by atoms with Gasteiger partial charge in [0.2, 0.25) is 11.8 Å². The Balaban J connectivity index is 1.57. The summed E-state index contributed by atoms with van der Waals surface area (Å²) in [6.07, 6.45) is 6.89. The Kier molecular flexibility index (Phi) is 5.99. The normalized spacial score (nSPS) is 25.6. The maximum absolute atomic E-state index is 13.4. The third kappa shape index (κ3) is 4.22. The van der Waals surface area contributed by atoms with Crippen LogP contribution in [-0.2, 0) is 19.1 Å². The summed E-state index contributed by atoms with van der Waals surface area (Å²) in [5, 5.41) is 0. The van der Waals surface area contributed by atoms with Crippen LogP contribution >= 0.6 is 0 Å². The lowest BCUT2D eigenvalue weighted by molar-refractivity contribution is -0.144. The summed E-state index contributed by atoms with van der Waals surface area (Å²) in [5.74, 6) is -0.544. The number of benzene rings is 1. The molecule has 6 heteroatoms. The summed E-state index contributed by atoms with van der Waals surface area (Å²) < 4.78 is 5.76. The molecule has 0 bridgehead atoms. The predicted molar refractivity (Wildman–Crippen MR) is 109 cm³/mol. The Bertz CT molecular complexity index is 764. The number of carbonyl (C=O) groups is 3. The quantitative estimate of drug-likeness (QED) is 0.715. The largest absolute Gasteiger partial charge is 0.376 e. The summed E-state index contributed by atoms with van der Waals surface area (Å²) in [4.78, 5) is 42.4. The van der Waals surface area contributed by atoms with Crippen molar-refractivity contribution in [1.82, 2.24) is 4.90 Å². The Labute approximate surface area is 172 Å². The van der Waals surface area contributed by atoms with Crippen LogP contribution in [0.3, 0.4) is 0 Å². The molecule has 3 aliphatic rings. The number of nitrogens with zero attached hydrogens (tertiary/aromatic N) is 2. The number of imide groups is 1. The van der Waals surface area contributed by atoms with E-state index in [0.717, 1.165) is 50.5 Å². The van der Waals surface area contributed by atoms with Crippen molar-refractivity contribution in [1.29, 1.82) is 0 Å². The molecule has 0 radical (unpaired) electrons. The SMILES string of the molecule is Cc1ccc(N2C(=O)CC(N(CC3CCCO3)C(=O)C3CCCCC3)C2=O)cc1. The molecular weight excluding hydrogens is 368 g/mol. The molecule has 1 saturated carbocycles. The van der Waals surface area contributed by atoms with Crippen molar-refractivity contribution in [3.05, 3.63) is 29.8 Å². The van der Waals surface area contributed by atoms with Gasteiger partial charge >= 0.3 is 0 Å². The Hall–Kier alpha value is -2.21. The van der Waals surface area contributed by atoms with E-state index in [9.17, 15) is 14.4 Å². The average molecular weight is 399 g/mol. The molecular formula is C23H30N2O4. The van der Waals surface area contributed by atoms with Crippen LogP contribution in [0, 0.1) is 12.8 Å². The van der Waals surface area contributed by atoms with E-state index in [4.69, 9.17) is 4.74 Å². The summed E-state index contributed by atoms with van der Waals surface area (Å²) in [6.45, 7) is 3.07. The molecule has 3 amide bonds. The first-order valence-corrected chi connectivity index (χ1v) is 10.9. The Morgan fingerprint density at radius 1 is 1.07 bits per heavy atom. The second-order valence-corrected chi connectivity index (χ2v) is 8.58. The maximum Gasteiger partial charge on any atom is 0.257 e.